The highest BCUT2D eigenvalue weighted by atomic mass is 32.2. The predicted molar refractivity (Wildman–Crippen MR) is 121 cm³/mol. The normalized spacial score (nSPS) is 20.5. The molecule has 0 aliphatic heterocycles. The second kappa shape index (κ2) is 9.84. The highest BCUT2D eigenvalue weighted by Crippen LogP contribution is 2.34. The van der Waals surface area contributed by atoms with Gasteiger partial charge in [0.1, 0.15) is 5.82 Å². The van der Waals surface area contributed by atoms with Crippen molar-refractivity contribution in [2.45, 2.75) is 68.3 Å². The van der Waals surface area contributed by atoms with Crippen molar-refractivity contribution in [2.24, 2.45) is 0 Å². The zero-order chi connectivity index (χ0) is 20.9. The van der Waals surface area contributed by atoms with Crippen molar-refractivity contribution in [1.29, 1.82) is 0 Å². The molecule has 3 aromatic rings. The number of rotatable bonds is 8. The summed E-state index contributed by atoms with van der Waals surface area (Å²) in [6.07, 6.45) is 6.96. The van der Waals surface area contributed by atoms with Gasteiger partial charge in [0, 0.05) is 17.0 Å². The van der Waals surface area contributed by atoms with Crippen LogP contribution in [0.4, 0.5) is 4.39 Å². The number of thioether (sulfide) groups is 1. The van der Waals surface area contributed by atoms with Crippen molar-refractivity contribution in [2.75, 3.05) is 5.75 Å². The van der Waals surface area contributed by atoms with Gasteiger partial charge in [-0.05, 0) is 99.1 Å². The molecule has 1 saturated carbocycles. The van der Waals surface area contributed by atoms with E-state index >= 15 is 0 Å². The summed E-state index contributed by atoms with van der Waals surface area (Å²) in [5, 5.41) is 3.81. The second-order valence-electron chi connectivity index (χ2n) is 8.33. The molecule has 1 atom stereocenters. The minimum absolute atomic E-state index is 0.177. The lowest BCUT2D eigenvalue weighted by Gasteiger charge is -2.31. The third-order valence-electron chi connectivity index (χ3n) is 6.03. The molecule has 1 aliphatic carbocycles. The topological polar surface area (TPSA) is 58.0 Å². The van der Waals surface area contributed by atoms with E-state index in [4.69, 9.17) is 4.42 Å². The van der Waals surface area contributed by atoms with E-state index in [-0.39, 0.29) is 11.6 Å². The lowest BCUT2D eigenvalue weighted by molar-refractivity contribution is 0.314. The fourth-order valence-electron chi connectivity index (χ4n) is 4.41. The van der Waals surface area contributed by atoms with E-state index in [9.17, 15) is 9.18 Å². The van der Waals surface area contributed by atoms with Gasteiger partial charge in [-0.25, -0.2) is 9.18 Å². The van der Waals surface area contributed by atoms with Gasteiger partial charge >= 0.3 is 5.76 Å². The smallest absolute Gasteiger partial charge is 0.408 e. The van der Waals surface area contributed by atoms with Crippen molar-refractivity contribution in [3.63, 3.8) is 0 Å². The Morgan fingerprint density at radius 3 is 2.70 bits per heavy atom. The van der Waals surface area contributed by atoms with Gasteiger partial charge in [0.05, 0.1) is 5.52 Å². The van der Waals surface area contributed by atoms with E-state index in [0.29, 0.717) is 23.6 Å². The van der Waals surface area contributed by atoms with Crippen molar-refractivity contribution < 1.29 is 8.81 Å². The Labute approximate surface area is 180 Å². The molecule has 30 heavy (non-hydrogen) atoms. The Hall–Kier alpha value is -2.05. The third kappa shape index (κ3) is 5.55. The van der Waals surface area contributed by atoms with Gasteiger partial charge in [0.15, 0.2) is 5.58 Å². The predicted octanol–water partition coefficient (Wildman–Crippen LogP) is 5.84. The minimum atomic E-state index is -0.389. The van der Waals surface area contributed by atoms with Crippen LogP contribution in [0, 0.1) is 5.82 Å². The molecule has 1 aliphatic rings. The van der Waals surface area contributed by atoms with Crippen molar-refractivity contribution in [3.05, 3.63) is 64.4 Å². The van der Waals surface area contributed by atoms with Crippen LogP contribution in [0.5, 0.6) is 0 Å². The number of nitrogens with one attached hydrogen (secondary N) is 2. The summed E-state index contributed by atoms with van der Waals surface area (Å²) in [5.74, 6) is 1.03. The van der Waals surface area contributed by atoms with Gasteiger partial charge in [-0.15, -0.1) is 11.8 Å². The molecule has 0 radical (unpaired) electrons. The van der Waals surface area contributed by atoms with Gasteiger partial charge in [0.25, 0.3) is 0 Å². The van der Waals surface area contributed by atoms with Crippen LogP contribution in [0.15, 0.2) is 56.6 Å². The summed E-state index contributed by atoms with van der Waals surface area (Å²) in [6, 6.07) is 13.9. The number of H-pyrrole nitrogens is 1. The fraction of sp³-hybridized carbons (Fsp3) is 0.458. The molecule has 160 valence electrons. The van der Waals surface area contributed by atoms with Crippen LogP contribution < -0.4 is 11.1 Å². The molecular weight excluding hydrogens is 399 g/mol. The molecule has 1 unspecified atom stereocenters. The first-order chi connectivity index (χ1) is 14.6. The van der Waals surface area contributed by atoms with E-state index in [1.54, 1.807) is 11.8 Å². The third-order valence-corrected chi connectivity index (χ3v) is 7.13. The molecule has 0 bridgehead atoms. The molecule has 1 fully saturated rings. The largest absolute Gasteiger partial charge is 0.417 e. The van der Waals surface area contributed by atoms with E-state index in [1.807, 2.05) is 24.3 Å². The summed E-state index contributed by atoms with van der Waals surface area (Å²) in [4.78, 5) is 15.2. The van der Waals surface area contributed by atoms with Crippen LogP contribution in [0.3, 0.4) is 0 Å². The maximum Gasteiger partial charge on any atom is 0.417 e. The first kappa shape index (κ1) is 21.2. The SMILES string of the molecule is CC(CCCSc1ccc(F)cc1)NC1CCC(c2ccc3[nH]c(=O)oc3c2)CC1. The minimum Gasteiger partial charge on any atom is -0.408 e. The van der Waals surface area contributed by atoms with Crippen molar-refractivity contribution in [1.82, 2.24) is 10.3 Å². The first-order valence-electron chi connectivity index (χ1n) is 10.8. The molecule has 6 heteroatoms. The molecule has 0 spiro atoms. The summed E-state index contributed by atoms with van der Waals surface area (Å²) >= 11 is 1.79. The first-order valence-corrected chi connectivity index (χ1v) is 11.8. The molecule has 4 nitrogen and oxygen atoms in total. The highest BCUT2D eigenvalue weighted by Gasteiger charge is 2.23. The Morgan fingerprint density at radius 1 is 1.17 bits per heavy atom. The van der Waals surface area contributed by atoms with Gasteiger partial charge in [-0.3, -0.25) is 4.98 Å². The van der Waals surface area contributed by atoms with Crippen molar-refractivity contribution in [3.8, 4) is 0 Å². The number of fused-ring (bicyclic) bond motifs is 1. The molecule has 0 saturated heterocycles. The molecule has 0 amide bonds. The Balaban J connectivity index is 1.17. The van der Waals surface area contributed by atoms with Crippen LogP contribution in [-0.2, 0) is 0 Å². The Bertz CT molecular complexity index is 1010. The number of aromatic amines is 1. The second-order valence-corrected chi connectivity index (χ2v) is 9.50. The standard InChI is InChI=1S/C24H29FN2O2S/c1-16(3-2-14-30-21-11-7-19(25)8-12-21)26-20-9-4-17(5-10-20)18-6-13-22-23(15-18)29-24(28)27-22/h6-8,11-13,15-17,20,26H,2-5,9-10,14H2,1H3,(H,27,28). The average Bonchev–Trinajstić information content (AvgIpc) is 3.12. The van der Waals surface area contributed by atoms with E-state index in [0.717, 1.165) is 41.8 Å². The van der Waals surface area contributed by atoms with E-state index in [2.05, 4.69) is 23.3 Å². The van der Waals surface area contributed by atoms with Gasteiger partial charge < -0.3 is 9.73 Å². The Kier molecular flexibility index (Phi) is 6.95. The maximum atomic E-state index is 13.0. The van der Waals surface area contributed by atoms with Crippen LogP contribution >= 0.6 is 11.8 Å². The van der Waals surface area contributed by atoms with Crippen LogP contribution in [0.25, 0.3) is 11.1 Å². The highest BCUT2D eigenvalue weighted by molar-refractivity contribution is 7.99. The monoisotopic (exact) mass is 428 g/mol. The quantitative estimate of drug-likeness (QED) is 0.350. The van der Waals surface area contributed by atoms with Crippen LogP contribution in [0.1, 0.15) is 56.9 Å². The van der Waals surface area contributed by atoms with Crippen LogP contribution in [0.2, 0.25) is 0 Å². The van der Waals surface area contributed by atoms with E-state index < -0.39 is 0 Å². The summed E-state index contributed by atoms with van der Waals surface area (Å²) in [7, 11) is 0. The van der Waals surface area contributed by atoms with E-state index in [1.165, 1.54) is 30.5 Å². The molecule has 4 rings (SSSR count). The number of hydrogen-bond acceptors (Lipinski definition) is 4. The summed E-state index contributed by atoms with van der Waals surface area (Å²) in [6.45, 7) is 2.27. The lowest BCUT2D eigenvalue weighted by Crippen LogP contribution is -2.38. The number of oxazole rings is 1. The zero-order valence-corrected chi connectivity index (χ0v) is 18.1. The number of aromatic nitrogens is 1. The number of benzene rings is 2. The molecular formula is C24H29FN2O2S. The molecule has 1 heterocycles. The number of hydrogen-bond donors (Lipinski definition) is 2. The van der Waals surface area contributed by atoms with Crippen molar-refractivity contribution >= 4 is 22.9 Å². The molecule has 2 aromatic carbocycles. The zero-order valence-electron chi connectivity index (χ0n) is 17.3. The Morgan fingerprint density at radius 2 is 1.93 bits per heavy atom. The van der Waals surface area contributed by atoms with Gasteiger partial charge in [0.2, 0.25) is 0 Å². The maximum absolute atomic E-state index is 13.0. The average molecular weight is 429 g/mol. The van der Waals surface area contributed by atoms with Gasteiger partial charge in [-0.1, -0.05) is 6.07 Å². The summed E-state index contributed by atoms with van der Waals surface area (Å²) < 4.78 is 18.2. The lowest BCUT2D eigenvalue weighted by atomic mass is 9.81. The fourth-order valence-corrected chi connectivity index (χ4v) is 5.28. The molecule has 1 aromatic heterocycles. The number of halogens is 1. The summed E-state index contributed by atoms with van der Waals surface area (Å²) in [5.41, 5.74) is 2.70. The molecule has 2 N–H and O–H groups in total. The van der Waals surface area contributed by atoms with Gasteiger partial charge in [-0.2, -0.15) is 0 Å². The van der Waals surface area contributed by atoms with Crippen LogP contribution in [-0.4, -0.2) is 22.8 Å².